The number of aromatic hydroxyl groups is 1. The first-order chi connectivity index (χ1) is 17.6. The summed E-state index contributed by atoms with van der Waals surface area (Å²) in [6.07, 6.45) is 16.4. The third kappa shape index (κ3) is 5.70. The number of ketones is 1. The van der Waals surface area contributed by atoms with Crippen molar-refractivity contribution in [2.75, 3.05) is 0 Å². The highest BCUT2D eigenvalue weighted by Gasteiger charge is 2.49. The molecule has 0 bridgehead atoms. The number of benzene rings is 2. The highest BCUT2D eigenvalue weighted by molar-refractivity contribution is 6.00. The lowest BCUT2D eigenvalue weighted by Gasteiger charge is -2.37. The summed E-state index contributed by atoms with van der Waals surface area (Å²) in [6, 6.07) is 11.3. The second kappa shape index (κ2) is 12.6. The molecule has 0 amide bonds. The lowest BCUT2D eigenvalue weighted by Crippen LogP contribution is -2.37. The highest BCUT2D eigenvalue weighted by Crippen LogP contribution is 2.51. The maximum Gasteiger partial charge on any atom is 0.261 e. The molecule has 1 unspecified atom stereocenters. The zero-order valence-corrected chi connectivity index (χ0v) is 22.1. The monoisotopic (exact) mass is 490 g/mol. The maximum atomic E-state index is 13.3. The van der Waals surface area contributed by atoms with E-state index in [-0.39, 0.29) is 11.5 Å². The van der Waals surface area contributed by atoms with Gasteiger partial charge in [0.2, 0.25) is 0 Å². The van der Waals surface area contributed by atoms with Gasteiger partial charge in [0.1, 0.15) is 11.5 Å². The van der Waals surface area contributed by atoms with Crippen LogP contribution in [0, 0.1) is 0 Å². The molecule has 2 heterocycles. The van der Waals surface area contributed by atoms with Crippen LogP contribution in [0.4, 0.5) is 0 Å². The van der Waals surface area contributed by atoms with Crippen LogP contribution in [0.2, 0.25) is 0 Å². The van der Waals surface area contributed by atoms with Crippen molar-refractivity contribution >= 4 is 11.9 Å². The topological polar surface area (TPSA) is 55.8 Å². The molecule has 4 heteroatoms. The van der Waals surface area contributed by atoms with Gasteiger partial charge in [0.25, 0.3) is 5.79 Å². The zero-order valence-electron chi connectivity index (χ0n) is 22.1. The van der Waals surface area contributed by atoms with Gasteiger partial charge in [-0.05, 0) is 37.5 Å². The number of fused-ring (bicyclic) bond motifs is 3. The average Bonchev–Trinajstić information content (AvgIpc) is 3.25. The van der Waals surface area contributed by atoms with Gasteiger partial charge in [-0.15, -0.1) is 0 Å². The lowest BCUT2D eigenvalue weighted by atomic mass is 9.86. The van der Waals surface area contributed by atoms with Crippen LogP contribution in [-0.4, -0.2) is 10.9 Å². The molecule has 0 saturated carbocycles. The molecule has 0 radical (unpaired) electrons. The van der Waals surface area contributed by atoms with E-state index in [1.165, 1.54) is 44.9 Å². The molecule has 0 saturated heterocycles. The summed E-state index contributed by atoms with van der Waals surface area (Å²) in [6.45, 7) is 4.75. The van der Waals surface area contributed by atoms with E-state index in [1.807, 2.05) is 30.3 Å². The Labute approximate surface area is 216 Å². The summed E-state index contributed by atoms with van der Waals surface area (Å²) in [7, 11) is 0. The van der Waals surface area contributed by atoms with E-state index in [0.29, 0.717) is 18.8 Å². The van der Waals surface area contributed by atoms with Crippen molar-refractivity contribution in [3.8, 4) is 11.5 Å². The highest BCUT2D eigenvalue weighted by atomic mass is 16.7. The van der Waals surface area contributed by atoms with Crippen molar-refractivity contribution in [3.63, 3.8) is 0 Å². The number of hydrogen-bond donors (Lipinski definition) is 1. The van der Waals surface area contributed by atoms with Crippen LogP contribution >= 0.6 is 0 Å². The summed E-state index contributed by atoms with van der Waals surface area (Å²) in [5, 5.41) is 10.5. The summed E-state index contributed by atoms with van der Waals surface area (Å²) >= 11 is 0. The van der Waals surface area contributed by atoms with Crippen LogP contribution in [0.1, 0.15) is 124 Å². The van der Waals surface area contributed by atoms with Crippen LogP contribution in [-0.2, 0) is 17.1 Å². The molecule has 194 valence electrons. The third-order valence-electron chi connectivity index (χ3n) is 7.59. The van der Waals surface area contributed by atoms with Crippen molar-refractivity contribution in [3.05, 3.63) is 64.2 Å². The second-order valence-corrected chi connectivity index (χ2v) is 10.3. The average molecular weight is 491 g/mol. The molecule has 4 rings (SSSR count). The molecule has 4 nitrogen and oxygen atoms in total. The van der Waals surface area contributed by atoms with Gasteiger partial charge in [-0.2, -0.15) is 0 Å². The van der Waals surface area contributed by atoms with Gasteiger partial charge >= 0.3 is 0 Å². The summed E-state index contributed by atoms with van der Waals surface area (Å²) in [5.74, 6) is 0.0664. The number of rotatable bonds is 14. The first-order valence-electron chi connectivity index (χ1n) is 14.1. The fourth-order valence-electron chi connectivity index (χ4n) is 5.51. The van der Waals surface area contributed by atoms with Crippen molar-refractivity contribution in [2.24, 2.45) is 0 Å². The molecule has 1 N–H and O–H groups in total. The van der Waals surface area contributed by atoms with Gasteiger partial charge in [0.05, 0.1) is 6.61 Å². The second-order valence-electron chi connectivity index (χ2n) is 10.3. The lowest BCUT2D eigenvalue weighted by molar-refractivity contribution is -0.156. The van der Waals surface area contributed by atoms with E-state index in [0.717, 1.165) is 59.9 Å². The molecule has 0 aromatic heterocycles. The molecule has 1 spiro atoms. The molecular formula is C32H42O4. The quantitative estimate of drug-likeness (QED) is 0.212. The Morgan fingerprint density at radius 3 is 2.36 bits per heavy atom. The van der Waals surface area contributed by atoms with Crippen LogP contribution in [0.15, 0.2) is 42.0 Å². The molecule has 0 fully saturated rings. The number of carbonyl (C=O) groups is 1. The van der Waals surface area contributed by atoms with Crippen molar-refractivity contribution < 1.29 is 19.4 Å². The SMILES string of the molecule is CCCCCCCCC(=O)c1cccc2c1C=C(CCCCCCC)C1(OCc3c(O)cccc31)O2. The first kappa shape index (κ1) is 26.5. The molecule has 0 aliphatic carbocycles. The van der Waals surface area contributed by atoms with E-state index < -0.39 is 5.79 Å². The van der Waals surface area contributed by atoms with Gasteiger partial charge in [0.15, 0.2) is 5.78 Å². The Bertz CT molecular complexity index is 1070. The Kier molecular flexibility index (Phi) is 9.25. The van der Waals surface area contributed by atoms with Gasteiger partial charge in [-0.25, -0.2) is 0 Å². The molecular weight excluding hydrogens is 448 g/mol. The van der Waals surface area contributed by atoms with Crippen molar-refractivity contribution in [2.45, 2.75) is 110 Å². The third-order valence-corrected chi connectivity index (χ3v) is 7.59. The molecule has 36 heavy (non-hydrogen) atoms. The van der Waals surface area contributed by atoms with Gasteiger partial charge in [0, 0.05) is 34.2 Å². The molecule has 2 aromatic rings. The largest absolute Gasteiger partial charge is 0.508 e. The normalized spacial score (nSPS) is 18.0. The predicted molar refractivity (Wildman–Crippen MR) is 145 cm³/mol. The van der Waals surface area contributed by atoms with Crippen molar-refractivity contribution in [1.82, 2.24) is 0 Å². The van der Waals surface area contributed by atoms with Gasteiger partial charge < -0.3 is 14.6 Å². The number of Topliss-reactive ketones (excluding diaryl/α,β-unsaturated/α-hetero) is 1. The Morgan fingerprint density at radius 2 is 1.58 bits per heavy atom. The van der Waals surface area contributed by atoms with E-state index in [2.05, 4.69) is 19.9 Å². The minimum Gasteiger partial charge on any atom is -0.508 e. The van der Waals surface area contributed by atoms with E-state index >= 15 is 0 Å². The molecule has 2 aromatic carbocycles. The number of phenols is 1. The summed E-state index contributed by atoms with van der Waals surface area (Å²) in [4.78, 5) is 13.3. The maximum absolute atomic E-state index is 13.3. The van der Waals surface area contributed by atoms with E-state index in [1.54, 1.807) is 6.07 Å². The van der Waals surface area contributed by atoms with E-state index in [9.17, 15) is 9.90 Å². The van der Waals surface area contributed by atoms with E-state index in [4.69, 9.17) is 9.47 Å². The molecule has 2 aliphatic rings. The Balaban J connectivity index is 1.59. The standard InChI is InChI=1S/C32H42O4/c1-3-5-7-9-11-13-19-29(33)25-17-14-21-31-26(25)22-24(16-12-10-8-6-4-2)32(36-31)28-18-15-20-30(34)27(28)23-35-32/h14-15,17-18,20-22,34H,3-13,16,19,23H2,1-2H3. The summed E-state index contributed by atoms with van der Waals surface area (Å²) in [5.41, 5.74) is 4.31. The predicted octanol–water partition coefficient (Wildman–Crippen LogP) is 8.85. The molecule has 1 atom stereocenters. The zero-order chi connectivity index (χ0) is 25.4. The minimum atomic E-state index is -1.03. The number of ether oxygens (including phenoxy) is 2. The molecule has 2 aliphatic heterocycles. The van der Waals surface area contributed by atoms with Gasteiger partial charge in [-0.1, -0.05) is 95.9 Å². The number of unbranched alkanes of at least 4 members (excludes halogenated alkanes) is 9. The first-order valence-corrected chi connectivity index (χ1v) is 14.1. The Morgan fingerprint density at radius 1 is 0.889 bits per heavy atom. The minimum absolute atomic E-state index is 0.186. The van der Waals surface area contributed by atoms with Crippen LogP contribution in [0.3, 0.4) is 0 Å². The number of carbonyl (C=O) groups excluding carboxylic acids is 1. The fourth-order valence-corrected chi connectivity index (χ4v) is 5.51. The van der Waals surface area contributed by atoms with Crippen LogP contribution in [0.25, 0.3) is 6.08 Å². The summed E-state index contributed by atoms with van der Waals surface area (Å²) < 4.78 is 13.0. The smallest absolute Gasteiger partial charge is 0.261 e. The van der Waals surface area contributed by atoms with Crippen LogP contribution in [0.5, 0.6) is 11.5 Å². The fraction of sp³-hybridized carbons (Fsp3) is 0.531. The van der Waals surface area contributed by atoms with Crippen LogP contribution < -0.4 is 4.74 Å². The number of phenolic OH excluding ortho intramolecular Hbond substituents is 1. The number of hydrogen-bond acceptors (Lipinski definition) is 4. The Hall–Kier alpha value is -2.59. The van der Waals surface area contributed by atoms with Gasteiger partial charge in [-0.3, -0.25) is 4.79 Å². The van der Waals surface area contributed by atoms with Crippen molar-refractivity contribution in [1.29, 1.82) is 0 Å².